The molecule has 1 saturated heterocycles. The number of aromatic nitrogens is 2. The van der Waals surface area contributed by atoms with E-state index in [4.69, 9.17) is 5.73 Å². The van der Waals surface area contributed by atoms with E-state index < -0.39 is 6.10 Å². The van der Waals surface area contributed by atoms with E-state index in [0.29, 0.717) is 18.8 Å². The topological polar surface area (TPSA) is 95.2 Å². The average Bonchev–Trinajstić information content (AvgIpc) is 2.70. The Morgan fingerprint density at radius 3 is 2.89 bits per heavy atom. The molecular weight excluding hydrogens is 232 g/mol. The number of nitrogens with two attached hydrogens (primary N) is 1. The molecule has 1 fully saturated rings. The monoisotopic (exact) mass is 252 g/mol. The molecule has 0 aliphatic carbocycles. The molecule has 0 saturated carbocycles. The number of anilines is 1. The molecule has 1 amide bonds. The van der Waals surface area contributed by atoms with Crippen LogP contribution >= 0.6 is 0 Å². The summed E-state index contributed by atoms with van der Waals surface area (Å²) in [6.45, 7) is 4.99. The number of nitrogens with one attached hydrogen (secondary N) is 1. The van der Waals surface area contributed by atoms with Crippen LogP contribution < -0.4 is 5.73 Å². The summed E-state index contributed by atoms with van der Waals surface area (Å²) < 4.78 is 0. The Balaban J connectivity index is 2.18. The molecule has 6 heteroatoms. The van der Waals surface area contributed by atoms with Crippen LogP contribution in [0.25, 0.3) is 0 Å². The number of hydrogen-bond donors (Lipinski definition) is 3. The minimum absolute atomic E-state index is 0.200. The van der Waals surface area contributed by atoms with Crippen molar-refractivity contribution in [2.75, 3.05) is 18.8 Å². The predicted octanol–water partition coefficient (Wildman–Crippen LogP) is 0.712. The van der Waals surface area contributed by atoms with E-state index in [1.165, 1.54) is 0 Å². The van der Waals surface area contributed by atoms with Crippen molar-refractivity contribution >= 4 is 11.6 Å². The number of β-amino-alcohol motifs (C(OH)–C–C–N with tert-alkyl or cyclic N) is 1. The summed E-state index contributed by atoms with van der Waals surface area (Å²) in [7, 11) is 0. The maximum absolute atomic E-state index is 12.3. The standard InChI is InChI=1S/C12H20N4O2/c1-7(2)10-9(13)11(15-14-10)12(18)16-5-3-4-8(17)6-16/h7-8,17H,3-6,13H2,1-2H3,(H,14,15). The van der Waals surface area contributed by atoms with E-state index in [-0.39, 0.29) is 17.5 Å². The Hall–Kier alpha value is -1.56. The van der Waals surface area contributed by atoms with Gasteiger partial charge in [0, 0.05) is 13.1 Å². The van der Waals surface area contributed by atoms with Crippen molar-refractivity contribution in [2.45, 2.75) is 38.7 Å². The van der Waals surface area contributed by atoms with Crippen LogP contribution in [0.5, 0.6) is 0 Å². The van der Waals surface area contributed by atoms with Crippen LogP contribution in [0.2, 0.25) is 0 Å². The van der Waals surface area contributed by atoms with Gasteiger partial charge >= 0.3 is 0 Å². The third kappa shape index (κ3) is 2.33. The Morgan fingerprint density at radius 1 is 1.61 bits per heavy atom. The summed E-state index contributed by atoms with van der Waals surface area (Å²) >= 11 is 0. The molecule has 1 aromatic rings. The summed E-state index contributed by atoms with van der Waals surface area (Å²) in [4.78, 5) is 13.9. The lowest BCUT2D eigenvalue weighted by Gasteiger charge is -2.29. The molecule has 2 heterocycles. The van der Waals surface area contributed by atoms with Gasteiger partial charge in [0.2, 0.25) is 0 Å². The number of nitrogens with zero attached hydrogens (tertiary/aromatic N) is 2. The van der Waals surface area contributed by atoms with Gasteiger partial charge in [0.15, 0.2) is 5.69 Å². The summed E-state index contributed by atoms with van der Waals surface area (Å²) in [5, 5.41) is 16.4. The third-order valence-electron chi connectivity index (χ3n) is 3.30. The van der Waals surface area contributed by atoms with Crippen LogP contribution in [-0.4, -0.2) is 45.3 Å². The van der Waals surface area contributed by atoms with Gasteiger partial charge in [-0.05, 0) is 18.8 Å². The van der Waals surface area contributed by atoms with Crippen molar-refractivity contribution in [3.63, 3.8) is 0 Å². The Kier molecular flexibility index (Phi) is 3.56. The number of amides is 1. The van der Waals surface area contributed by atoms with E-state index in [0.717, 1.165) is 18.5 Å². The number of nitrogen functional groups attached to an aromatic ring is 1. The first kappa shape index (κ1) is 12.9. The first-order valence-electron chi connectivity index (χ1n) is 6.31. The highest BCUT2D eigenvalue weighted by Gasteiger charge is 2.27. The van der Waals surface area contributed by atoms with E-state index >= 15 is 0 Å². The normalized spacial score (nSPS) is 20.4. The van der Waals surface area contributed by atoms with Gasteiger partial charge in [-0.15, -0.1) is 0 Å². The van der Waals surface area contributed by atoms with Gasteiger partial charge in [-0.25, -0.2) is 0 Å². The highest BCUT2D eigenvalue weighted by Crippen LogP contribution is 2.24. The van der Waals surface area contributed by atoms with E-state index in [1.807, 2.05) is 13.8 Å². The molecule has 0 radical (unpaired) electrons. The zero-order valence-electron chi connectivity index (χ0n) is 10.8. The molecule has 1 atom stereocenters. The molecule has 6 nitrogen and oxygen atoms in total. The quantitative estimate of drug-likeness (QED) is 0.722. The average molecular weight is 252 g/mol. The van der Waals surface area contributed by atoms with E-state index in [1.54, 1.807) is 4.90 Å². The Morgan fingerprint density at radius 2 is 2.33 bits per heavy atom. The molecule has 100 valence electrons. The first-order valence-corrected chi connectivity index (χ1v) is 6.31. The van der Waals surface area contributed by atoms with E-state index in [2.05, 4.69) is 10.2 Å². The van der Waals surface area contributed by atoms with Crippen LogP contribution in [0.1, 0.15) is 48.8 Å². The lowest BCUT2D eigenvalue weighted by Crippen LogP contribution is -2.42. The van der Waals surface area contributed by atoms with Gasteiger partial charge in [0.1, 0.15) is 0 Å². The smallest absolute Gasteiger partial charge is 0.276 e. The SMILES string of the molecule is CC(C)c1[nH]nc(C(=O)N2CCCC(O)C2)c1N. The van der Waals surface area contributed by atoms with Gasteiger partial charge in [-0.2, -0.15) is 5.10 Å². The van der Waals surface area contributed by atoms with Crippen LogP contribution in [0.15, 0.2) is 0 Å². The summed E-state index contributed by atoms with van der Waals surface area (Å²) in [6, 6.07) is 0. The van der Waals surface area contributed by atoms with Crippen molar-refractivity contribution in [3.8, 4) is 0 Å². The van der Waals surface area contributed by atoms with Gasteiger partial charge in [-0.3, -0.25) is 9.89 Å². The van der Waals surface area contributed by atoms with Gasteiger partial charge in [0.05, 0.1) is 17.5 Å². The van der Waals surface area contributed by atoms with Crippen LogP contribution in [0.3, 0.4) is 0 Å². The molecule has 0 bridgehead atoms. The van der Waals surface area contributed by atoms with E-state index in [9.17, 15) is 9.90 Å². The number of piperidine rings is 1. The largest absolute Gasteiger partial charge is 0.395 e. The lowest BCUT2D eigenvalue weighted by atomic mass is 10.1. The summed E-state index contributed by atoms with van der Waals surface area (Å²) in [5.74, 6) is 0.000367. The molecule has 1 unspecified atom stereocenters. The van der Waals surface area contributed by atoms with Crippen molar-refractivity contribution in [3.05, 3.63) is 11.4 Å². The van der Waals surface area contributed by atoms with Gasteiger partial charge in [0.25, 0.3) is 5.91 Å². The summed E-state index contributed by atoms with van der Waals surface area (Å²) in [5.41, 5.74) is 7.43. The molecule has 0 aromatic carbocycles. The molecule has 1 aliphatic heterocycles. The van der Waals surface area contributed by atoms with Gasteiger partial charge < -0.3 is 15.7 Å². The fraction of sp³-hybridized carbons (Fsp3) is 0.667. The minimum atomic E-state index is -0.438. The van der Waals surface area contributed by atoms with Crippen LogP contribution in [0.4, 0.5) is 5.69 Å². The zero-order valence-corrected chi connectivity index (χ0v) is 10.8. The first-order chi connectivity index (χ1) is 8.50. The number of likely N-dealkylation sites (tertiary alicyclic amines) is 1. The number of H-pyrrole nitrogens is 1. The number of hydrogen-bond acceptors (Lipinski definition) is 4. The molecular formula is C12H20N4O2. The highest BCUT2D eigenvalue weighted by molar-refractivity contribution is 5.97. The number of carbonyl (C=O) groups excluding carboxylic acids is 1. The number of aliphatic hydroxyl groups excluding tert-OH is 1. The second-order valence-electron chi connectivity index (χ2n) is 5.10. The molecule has 1 aromatic heterocycles. The Labute approximate surface area is 106 Å². The number of rotatable bonds is 2. The predicted molar refractivity (Wildman–Crippen MR) is 68.2 cm³/mol. The van der Waals surface area contributed by atoms with Crippen molar-refractivity contribution in [2.24, 2.45) is 0 Å². The minimum Gasteiger partial charge on any atom is -0.395 e. The van der Waals surface area contributed by atoms with Crippen molar-refractivity contribution in [1.82, 2.24) is 15.1 Å². The molecule has 0 spiro atoms. The fourth-order valence-corrected chi connectivity index (χ4v) is 2.26. The van der Waals surface area contributed by atoms with Crippen molar-refractivity contribution < 1.29 is 9.90 Å². The van der Waals surface area contributed by atoms with Crippen molar-refractivity contribution in [1.29, 1.82) is 0 Å². The van der Waals surface area contributed by atoms with Crippen LogP contribution in [0, 0.1) is 0 Å². The maximum atomic E-state index is 12.3. The fourth-order valence-electron chi connectivity index (χ4n) is 2.26. The second kappa shape index (κ2) is 4.97. The Bertz CT molecular complexity index is 441. The molecule has 18 heavy (non-hydrogen) atoms. The number of aliphatic hydroxyl groups is 1. The summed E-state index contributed by atoms with van der Waals surface area (Å²) in [6.07, 6.45) is 1.12. The lowest BCUT2D eigenvalue weighted by molar-refractivity contribution is 0.0470. The van der Waals surface area contributed by atoms with Gasteiger partial charge in [-0.1, -0.05) is 13.8 Å². The maximum Gasteiger partial charge on any atom is 0.276 e. The van der Waals surface area contributed by atoms with Crippen LogP contribution in [-0.2, 0) is 0 Å². The molecule has 4 N–H and O–H groups in total. The molecule has 2 rings (SSSR count). The number of carbonyl (C=O) groups is 1. The third-order valence-corrected chi connectivity index (χ3v) is 3.30. The zero-order chi connectivity index (χ0) is 13.3. The highest BCUT2D eigenvalue weighted by atomic mass is 16.3. The number of aromatic amines is 1. The molecule has 1 aliphatic rings. The second-order valence-corrected chi connectivity index (χ2v) is 5.10.